The van der Waals surface area contributed by atoms with Gasteiger partial charge in [-0.25, -0.2) is 4.39 Å². The van der Waals surface area contributed by atoms with Gasteiger partial charge in [0, 0.05) is 23.5 Å². The Labute approximate surface area is 109 Å². The molecule has 2 N–H and O–H groups in total. The first-order valence-electron chi connectivity index (χ1n) is 5.47. The first kappa shape index (κ1) is 14.1. The fourth-order valence-corrected chi connectivity index (χ4v) is 1.73. The Morgan fingerprint density at radius 3 is 2.76 bits per heavy atom. The van der Waals surface area contributed by atoms with E-state index in [0.29, 0.717) is 29.2 Å². The highest BCUT2D eigenvalue weighted by Crippen LogP contribution is 2.22. The normalized spacial score (nSPS) is 10.6. The highest BCUT2D eigenvalue weighted by molar-refractivity contribution is 9.10. The summed E-state index contributed by atoms with van der Waals surface area (Å²) in [5, 5.41) is 5.87. The van der Waals surface area contributed by atoms with Crippen LogP contribution in [0.1, 0.15) is 20.3 Å². The molecule has 0 aliphatic heterocycles. The number of carbonyl (C=O) groups excluding carboxylic acids is 1. The topological polar surface area (TPSA) is 41.1 Å². The van der Waals surface area contributed by atoms with E-state index in [1.807, 2.05) is 13.8 Å². The third-order valence-corrected chi connectivity index (χ3v) is 2.77. The maximum absolute atomic E-state index is 12.8. The van der Waals surface area contributed by atoms with Gasteiger partial charge < -0.3 is 10.6 Å². The van der Waals surface area contributed by atoms with Gasteiger partial charge >= 0.3 is 0 Å². The highest BCUT2D eigenvalue weighted by atomic mass is 79.9. The number of anilines is 1. The van der Waals surface area contributed by atoms with E-state index >= 15 is 0 Å². The molecule has 1 aromatic rings. The molecular weight excluding hydrogens is 287 g/mol. The zero-order valence-electron chi connectivity index (χ0n) is 9.89. The zero-order chi connectivity index (χ0) is 12.8. The third-order valence-electron chi connectivity index (χ3n) is 2.11. The summed E-state index contributed by atoms with van der Waals surface area (Å²) in [5.74, 6) is -0.429. The van der Waals surface area contributed by atoms with Crippen LogP contribution in [0, 0.1) is 5.82 Å². The SMILES string of the molecule is CC(C)NCCC(=O)Nc1ccc(F)cc1Br. The molecule has 0 saturated heterocycles. The van der Waals surface area contributed by atoms with Crippen molar-refractivity contribution in [1.29, 1.82) is 0 Å². The predicted molar refractivity (Wildman–Crippen MR) is 70.5 cm³/mol. The lowest BCUT2D eigenvalue weighted by atomic mass is 10.3. The first-order valence-corrected chi connectivity index (χ1v) is 6.26. The van der Waals surface area contributed by atoms with Gasteiger partial charge in [-0.1, -0.05) is 13.8 Å². The number of nitrogens with one attached hydrogen (secondary N) is 2. The molecule has 0 saturated carbocycles. The Morgan fingerprint density at radius 2 is 2.18 bits per heavy atom. The summed E-state index contributed by atoms with van der Waals surface area (Å²) in [7, 11) is 0. The molecule has 17 heavy (non-hydrogen) atoms. The number of benzene rings is 1. The summed E-state index contributed by atoms with van der Waals surface area (Å²) < 4.78 is 13.4. The van der Waals surface area contributed by atoms with Gasteiger partial charge in [0.2, 0.25) is 5.91 Å². The molecule has 3 nitrogen and oxygen atoms in total. The van der Waals surface area contributed by atoms with Crippen molar-refractivity contribution in [3.63, 3.8) is 0 Å². The van der Waals surface area contributed by atoms with Crippen molar-refractivity contribution < 1.29 is 9.18 Å². The Balaban J connectivity index is 2.45. The second-order valence-corrected chi connectivity index (χ2v) is 4.89. The summed E-state index contributed by atoms with van der Waals surface area (Å²) in [5.41, 5.74) is 0.584. The van der Waals surface area contributed by atoms with Crippen molar-refractivity contribution in [2.24, 2.45) is 0 Å². The maximum atomic E-state index is 12.8. The van der Waals surface area contributed by atoms with E-state index in [9.17, 15) is 9.18 Å². The molecule has 0 atom stereocenters. The van der Waals surface area contributed by atoms with Crippen molar-refractivity contribution in [2.75, 3.05) is 11.9 Å². The number of hydrogen-bond donors (Lipinski definition) is 2. The average molecular weight is 303 g/mol. The number of rotatable bonds is 5. The largest absolute Gasteiger partial charge is 0.325 e. The van der Waals surface area contributed by atoms with Crippen LogP contribution in [0.3, 0.4) is 0 Å². The van der Waals surface area contributed by atoms with Crippen molar-refractivity contribution in [3.05, 3.63) is 28.5 Å². The average Bonchev–Trinajstić information content (AvgIpc) is 2.21. The van der Waals surface area contributed by atoms with E-state index in [0.717, 1.165) is 0 Å². The van der Waals surface area contributed by atoms with E-state index in [1.54, 1.807) is 0 Å². The molecule has 1 rings (SSSR count). The minimum absolute atomic E-state index is 0.0922. The van der Waals surface area contributed by atoms with E-state index < -0.39 is 0 Å². The standard InChI is InChI=1S/C12H16BrFN2O/c1-8(2)15-6-5-12(17)16-11-4-3-9(14)7-10(11)13/h3-4,7-8,15H,5-6H2,1-2H3,(H,16,17). The minimum Gasteiger partial charge on any atom is -0.325 e. The quantitative estimate of drug-likeness (QED) is 0.878. The lowest BCUT2D eigenvalue weighted by Gasteiger charge is -2.09. The van der Waals surface area contributed by atoms with Crippen LogP contribution in [0.25, 0.3) is 0 Å². The molecule has 0 bridgehead atoms. The summed E-state index contributed by atoms with van der Waals surface area (Å²) in [6, 6.07) is 4.53. The molecule has 94 valence electrons. The third kappa shape index (κ3) is 5.28. The van der Waals surface area contributed by atoms with Gasteiger partial charge in [-0.15, -0.1) is 0 Å². The number of carbonyl (C=O) groups is 1. The Morgan fingerprint density at radius 1 is 1.47 bits per heavy atom. The molecule has 5 heteroatoms. The Kier molecular flexibility index (Phi) is 5.58. The highest BCUT2D eigenvalue weighted by Gasteiger charge is 2.06. The van der Waals surface area contributed by atoms with Crippen LogP contribution in [0.15, 0.2) is 22.7 Å². The van der Waals surface area contributed by atoms with E-state index in [1.165, 1.54) is 18.2 Å². The van der Waals surface area contributed by atoms with Crippen LogP contribution in [0.2, 0.25) is 0 Å². The Hall–Kier alpha value is -0.940. The van der Waals surface area contributed by atoms with Crippen LogP contribution in [0.4, 0.5) is 10.1 Å². The summed E-state index contributed by atoms with van der Waals surface area (Å²) in [6.45, 7) is 4.67. The van der Waals surface area contributed by atoms with Gasteiger partial charge in [-0.05, 0) is 34.1 Å². The predicted octanol–water partition coefficient (Wildman–Crippen LogP) is 2.91. The van der Waals surface area contributed by atoms with Crippen LogP contribution in [-0.4, -0.2) is 18.5 Å². The van der Waals surface area contributed by atoms with E-state index in [4.69, 9.17) is 0 Å². The number of amides is 1. The molecule has 0 aromatic heterocycles. The lowest BCUT2D eigenvalue weighted by Crippen LogP contribution is -2.27. The molecule has 0 fully saturated rings. The number of hydrogen-bond acceptors (Lipinski definition) is 2. The molecule has 0 spiro atoms. The second-order valence-electron chi connectivity index (χ2n) is 4.03. The van der Waals surface area contributed by atoms with Crippen molar-refractivity contribution in [2.45, 2.75) is 26.3 Å². The molecular formula is C12H16BrFN2O. The van der Waals surface area contributed by atoms with Gasteiger partial charge in [-0.3, -0.25) is 4.79 Å². The van der Waals surface area contributed by atoms with Crippen LogP contribution < -0.4 is 10.6 Å². The van der Waals surface area contributed by atoms with Crippen molar-refractivity contribution in [3.8, 4) is 0 Å². The van der Waals surface area contributed by atoms with Crippen molar-refractivity contribution >= 4 is 27.5 Å². The molecule has 0 unspecified atom stereocenters. The second kappa shape index (κ2) is 6.71. The van der Waals surface area contributed by atoms with Gasteiger partial charge in [0.1, 0.15) is 5.82 Å². The fourth-order valence-electron chi connectivity index (χ4n) is 1.28. The van der Waals surface area contributed by atoms with Gasteiger partial charge in [0.25, 0.3) is 0 Å². The monoisotopic (exact) mass is 302 g/mol. The maximum Gasteiger partial charge on any atom is 0.225 e. The first-order chi connectivity index (χ1) is 7.99. The zero-order valence-corrected chi connectivity index (χ0v) is 11.5. The summed E-state index contributed by atoms with van der Waals surface area (Å²) in [6.07, 6.45) is 0.391. The smallest absolute Gasteiger partial charge is 0.225 e. The molecule has 1 amide bonds. The molecule has 1 aromatic carbocycles. The van der Waals surface area contributed by atoms with Gasteiger partial charge in [0.05, 0.1) is 5.69 Å². The Bertz CT molecular complexity index is 396. The molecule has 0 aliphatic carbocycles. The molecule has 0 radical (unpaired) electrons. The fraction of sp³-hybridized carbons (Fsp3) is 0.417. The van der Waals surface area contributed by atoms with E-state index in [2.05, 4.69) is 26.6 Å². The van der Waals surface area contributed by atoms with Crippen LogP contribution in [-0.2, 0) is 4.79 Å². The van der Waals surface area contributed by atoms with Gasteiger partial charge in [-0.2, -0.15) is 0 Å². The summed E-state index contributed by atoms with van der Waals surface area (Å²) >= 11 is 3.20. The minimum atomic E-state index is -0.337. The lowest BCUT2D eigenvalue weighted by molar-refractivity contribution is -0.116. The van der Waals surface area contributed by atoms with Gasteiger partial charge in [0.15, 0.2) is 0 Å². The molecule has 0 heterocycles. The summed E-state index contributed by atoms with van der Waals surface area (Å²) in [4.78, 5) is 11.6. The number of halogens is 2. The molecule has 0 aliphatic rings. The van der Waals surface area contributed by atoms with Crippen LogP contribution >= 0.6 is 15.9 Å². The van der Waals surface area contributed by atoms with Crippen molar-refractivity contribution in [1.82, 2.24) is 5.32 Å². The van der Waals surface area contributed by atoms with E-state index in [-0.39, 0.29) is 11.7 Å². The van der Waals surface area contributed by atoms with Crippen LogP contribution in [0.5, 0.6) is 0 Å².